The van der Waals surface area contributed by atoms with Gasteiger partial charge in [-0.3, -0.25) is 14.3 Å². The lowest BCUT2D eigenvalue weighted by Gasteiger charge is -2.16. The van der Waals surface area contributed by atoms with Crippen molar-refractivity contribution < 1.29 is 9.47 Å². The Kier molecular flexibility index (Phi) is 6.72. The van der Waals surface area contributed by atoms with E-state index in [1.165, 1.54) is 4.57 Å². The molecule has 0 saturated heterocycles. The van der Waals surface area contributed by atoms with Crippen LogP contribution in [0.2, 0.25) is 0 Å². The van der Waals surface area contributed by atoms with Crippen LogP contribution in [0.15, 0.2) is 52.6 Å². The largest absolute Gasteiger partial charge is 0.372 e. The number of hydrogen-bond acceptors (Lipinski definition) is 4. The number of nitrogens with zero attached hydrogens (tertiary/aromatic N) is 1. The standard InChI is InChI=1S/C18H22N2O4/c1-3-10-24-12-15-16(11-14-8-6-5-7-9-14)20(13-23-4-2)18(22)19-17(15)21/h3,5-9H,1,4,10-13H2,2H3,(H,19,21,22). The highest BCUT2D eigenvalue weighted by molar-refractivity contribution is 5.26. The average Bonchev–Trinajstić information content (AvgIpc) is 2.58. The zero-order valence-corrected chi connectivity index (χ0v) is 13.8. The molecule has 2 rings (SSSR count). The highest BCUT2D eigenvalue weighted by atomic mass is 16.5. The third-order valence-corrected chi connectivity index (χ3v) is 3.53. The lowest BCUT2D eigenvalue weighted by Crippen LogP contribution is -2.36. The zero-order valence-electron chi connectivity index (χ0n) is 13.8. The summed E-state index contributed by atoms with van der Waals surface area (Å²) in [6.07, 6.45) is 2.06. The van der Waals surface area contributed by atoms with E-state index in [-0.39, 0.29) is 13.3 Å². The quantitative estimate of drug-likeness (QED) is 0.562. The molecule has 24 heavy (non-hydrogen) atoms. The molecule has 0 aliphatic rings. The summed E-state index contributed by atoms with van der Waals surface area (Å²) < 4.78 is 12.3. The van der Waals surface area contributed by atoms with Crippen LogP contribution in [0.25, 0.3) is 0 Å². The van der Waals surface area contributed by atoms with Crippen LogP contribution in [0, 0.1) is 0 Å². The van der Waals surface area contributed by atoms with Crippen molar-refractivity contribution in [2.24, 2.45) is 0 Å². The molecule has 0 amide bonds. The molecule has 0 spiro atoms. The molecular formula is C18H22N2O4. The average molecular weight is 330 g/mol. The first kappa shape index (κ1) is 17.9. The second-order valence-corrected chi connectivity index (χ2v) is 5.20. The summed E-state index contributed by atoms with van der Waals surface area (Å²) in [6.45, 7) is 6.43. The second-order valence-electron chi connectivity index (χ2n) is 5.20. The summed E-state index contributed by atoms with van der Waals surface area (Å²) in [6, 6.07) is 9.65. The minimum absolute atomic E-state index is 0.0861. The van der Waals surface area contributed by atoms with E-state index in [0.717, 1.165) is 5.56 Å². The fourth-order valence-corrected chi connectivity index (χ4v) is 2.36. The maximum atomic E-state index is 12.3. The van der Waals surface area contributed by atoms with Crippen LogP contribution in [-0.2, 0) is 29.2 Å². The second kappa shape index (κ2) is 9.00. The SMILES string of the molecule is C=CCOCc1c(Cc2ccccc2)n(COCC)c(=O)[nH]c1=O. The number of nitrogens with one attached hydrogen (secondary N) is 1. The topological polar surface area (TPSA) is 73.3 Å². The van der Waals surface area contributed by atoms with Crippen molar-refractivity contribution in [1.29, 1.82) is 0 Å². The van der Waals surface area contributed by atoms with Gasteiger partial charge >= 0.3 is 5.69 Å². The molecule has 0 atom stereocenters. The normalized spacial score (nSPS) is 10.7. The molecular weight excluding hydrogens is 308 g/mol. The highest BCUT2D eigenvalue weighted by Crippen LogP contribution is 2.12. The monoisotopic (exact) mass is 330 g/mol. The molecule has 0 aliphatic carbocycles. The molecule has 0 fully saturated rings. The maximum absolute atomic E-state index is 12.3. The van der Waals surface area contributed by atoms with Gasteiger partial charge in [0.1, 0.15) is 6.73 Å². The lowest BCUT2D eigenvalue weighted by atomic mass is 10.1. The van der Waals surface area contributed by atoms with Crippen molar-refractivity contribution in [1.82, 2.24) is 9.55 Å². The van der Waals surface area contributed by atoms with Gasteiger partial charge in [-0.05, 0) is 12.5 Å². The Balaban J connectivity index is 2.48. The van der Waals surface area contributed by atoms with E-state index in [2.05, 4.69) is 11.6 Å². The van der Waals surface area contributed by atoms with Gasteiger partial charge in [-0.1, -0.05) is 36.4 Å². The van der Waals surface area contributed by atoms with Gasteiger partial charge in [0.05, 0.1) is 18.8 Å². The summed E-state index contributed by atoms with van der Waals surface area (Å²) in [5.41, 5.74) is 1.12. The zero-order chi connectivity index (χ0) is 17.4. The Morgan fingerprint density at radius 1 is 1.21 bits per heavy atom. The molecule has 0 aliphatic heterocycles. The number of ether oxygens (including phenoxy) is 2. The molecule has 1 aromatic carbocycles. The van der Waals surface area contributed by atoms with Crippen LogP contribution in [0.1, 0.15) is 23.7 Å². The van der Waals surface area contributed by atoms with Gasteiger partial charge in [-0.25, -0.2) is 4.79 Å². The third kappa shape index (κ3) is 4.53. The number of benzene rings is 1. The molecule has 6 heteroatoms. The van der Waals surface area contributed by atoms with Crippen molar-refractivity contribution in [2.45, 2.75) is 26.7 Å². The first-order valence-corrected chi connectivity index (χ1v) is 7.82. The van der Waals surface area contributed by atoms with Crippen LogP contribution >= 0.6 is 0 Å². The van der Waals surface area contributed by atoms with Crippen molar-refractivity contribution in [3.63, 3.8) is 0 Å². The smallest absolute Gasteiger partial charge is 0.330 e. The summed E-state index contributed by atoms with van der Waals surface area (Å²) in [7, 11) is 0. The number of hydrogen-bond donors (Lipinski definition) is 1. The van der Waals surface area contributed by atoms with E-state index in [0.29, 0.717) is 30.9 Å². The Morgan fingerprint density at radius 2 is 1.96 bits per heavy atom. The van der Waals surface area contributed by atoms with Crippen LogP contribution in [0.5, 0.6) is 0 Å². The Bertz CT molecular complexity index is 778. The van der Waals surface area contributed by atoms with Gasteiger partial charge in [0.2, 0.25) is 0 Å². The number of rotatable bonds is 9. The van der Waals surface area contributed by atoms with E-state index in [1.54, 1.807) is 6.08 Å². The highest BCUT2D eigenvalue weighted by Gasteiger charge is 2.15. The molecule has 0 bridgehead atoms. The van der Waals surface area contributed by atoms with Crippen LogP contribution in [-0.4, -0.2) is 22.8 Å². The van der Waals surface area contributed by atoms with Gasteiger partial charge in [-0.15, -0.1) is 6.58 Å². The van der Waals surface area contributed by atoms with E-state index < -0.39 is 11.2 Å². The molecule has 1 aromatic heterocycles. The predicted octanol–water partition coefficient (Wildman–Crippen LogP) is 1.82. The van der Waals surface area contributed by atoms with E-state index in [4.69, 9.17) is 9.47 Å². The molecule has 1 heterocycles. The van der Waals surface area contributed by atoms with Crippen molar-refractivity contribution in [3.8, 4) is 0 Å². The van der Waals surface area contributed by atoms with E-state index in [1.807, 2.05) is 37.3 Å². The molecule has 0 saturated carbocycles. The first-order chi connectivity index (χ1) is 11.7. The van der Waals surface area contributed by atoms with Gasteiger partial charge < -0.3 is 9.47 Å². The lowest BCUT2D eigenvalue weighted by molar-refractivity contribution is 0.0809. The minimum Gasteiger partial charge on any atom is -0.372 e. The summed E-state index contributed by atoms with van der Waals surface area (Å²) >= 11 is 0. The van der Waals surface area contributed by atoms with E-state index >= 15 is 0 Å². The summed E-state index contributed by atoms with van der Waals surface area (Å²) in [5.74, 6) is 0. The van der Waals surface area contributed by atoms with Crippen molar-refractivity contribution >= 4 is 0 Å². The molecule has 1 N–H and O–H groups in total. The Labute approximate surface area is 140 Å². The molecule has 0 unspecified atom stereocenters. The fourth-order valence-electron chi connectivity index (χ4n) is 2.36. The molecule has 2 aromatic rings. The number of aromatic amines is 1. The molecule has 6 nitrogen and oxygen atoms in total. The van der Waals surface area contributed by atoms with Crippen molar-refractivity contribution in [3.05, 3.63) is 80.6 Å². The van der Waals surface area contributed by atoms with Crippen LogP contribution in [0.3, 0.4) is 0 Å². The van der Waals surface area contributed by atoms with Gasteiger partial charge in [0.15, 0.2) is 0 Å². The minimum atomic E-state index is -0.480. The Hall–Kier alpha value is -2.44. The summed E-state index contributed by atoms with van der Waals surface area (Å²) in [4.78, 5) is 26.8. The van der Waals surface area contributed by atoms with E-state index in [9.17, 15) is 9.59 Å². The molecule has 0 radical (unpaired) electrons. The number of H-pyrrole nitrogens is 1. The Morgan fingerprint density at radius 3 is 2.62 bits per heavy atom. The van der Waals surface area contributed by atoms with Gasteiger partial charge in [0.25, 0.3) is 5.56 Å². The van der Waals surface area contributed by atoms with Gasteiger partial charge in [0, 0.05) is 18.7 Å². The van der Waals surface area contributed by atoms with Gasteiger partial charge in [-0.2, -0.15) is 0 Å². The summed E-state index contributed by atoms with van der Waals surface area (Å²) in [5, 5.41) is 0. The predicted molar refractivity (Wildman–Crippen MR) is 92.0 cm³/mol. The maximum Gasteiger partial charge on any atom is 0.330 e. The van der Waals surface area contributed by atoms with Crippen molar-refractivity contribution in [2.75, 3.05) is 13.2 Å². The van der Waals surface area contributed by atoms with Crippen LogP contribution < -0.4 is 11.2 Å². The number of aromatic nitrogens is 2. The van der Waals surface area contributed by atoms with Crippen LogP contribution in [0.4, 0.5) is 0 Å². The first-order valence-electron chi connectivity index (χ1n) is 7.82. The molecule has 128 valence electrons. The fraction of sp³-hybridized carbons (Fsp3) is 0.333. The third-order valence-electron chi connectivity index (χ3n) is 3.53.